The normalized spacial score (nSPS) is 16.2. The third-order valence-electron chi connectivity index (χ3n) is 5.46. The number of aliphatic hydroxyl groups is 1. The molecule has 0 amide bonds. The number of methoxy groups -OCH3 is 1. The number of ether oxygens (including phenoxy) is 1. The summed E-state index contributed by atoms with van der Waals surface area (Å²) in [6.45, 7) is 1.10. The molecular weight excluding hydrogens is 500 g/mol. The summed E-state index contributed by atoms with van der Waals surface area (Å²) in [4.78, 5) is 0.142. The highest BCUT2D eigenvalue weighted by atomic mass is 35.5. The molecule has 0 fully saturated rings. The maximum Gasteiger partial charge on any atom is 0.243 e. The van der Waals surface area contributed by atoms with E-state index in [1.165, 1.54) is 12.1 Å². The minimum Gasteiger partial charge on any atom is -0.394 e. The zero-order valence-electron chi connectivity index (χ0n) is 20.2. The van der Waals surface area contributed by atoms with Gasteiger partial charge in [0.25, 0.3) is 0 Å². The van der Waals surface area contributed by atoms with Crippen molar-refractivity contribution >= 4 is 27.3 Å². The van der Waals surface area contributed by atoms with Crippen molar-refractivity contribution in [1.82, 2.24) is 15.0 Å². The highest BCUT2D eigenvalue weighted by Gasteiger charge is 2.34. The molecule has 192 valence electrons. The molecule has 3 N–H and O–H groups in total. The summed E-state index contributed by atoms with van der Waals surface area (Å²) in [7, 11) is -0.523. The first-order valence-corrected chi connectivity index (χ1v) is 13.3. The summed E-state index contributed by atoms with van der Waals surface area (Å²) in [5.41, 5.74) is 3.04. The molecule has 0 saturated carbocycles. The van der Waals surface area contributed by atoms with Crippen molar-refractivity contribution < 1.29 is 18.3 Å². The largest absolute Gasteiger partial charge is 0.394 e. The Kier molecular flexibility index (Phi) is 10.4. The van der Waals surface area contributed by atoms with E-state index in [1.807, 2.05) is 48.5 Å². The third-order valence-corrected chi connectivity index (χ3v) is 7.14. The fourth-order valence-electron chi connectivity index (χ4n) is 3.69. The second-order valence-electron chi connectivity index (χ2n) is 7.92. The second kappa shape index (κ2) is 13.5. The SMILES string of the molecule is CNC(NS(=O)(=O)c1ccc(Cl)cc1)N1CC(c2ccccc2)C(c2ccccc2)=N1.COCCO. The van der Waals surface area contributed by atoms with E-state index in [0.29, 0.717) is 18.2 Å². The molecule has 0 aromatic heterocycles. The summed E-state index contributed by atoms with van der Waals surface area (Å²) in [6.07, 6.45) is -0.715. The average molecular weight is 531 g/mol. The van der Waals surface area contributed by atoms with Crippen LogP contribution in [0.2, 0.25) is 5.02 Å². The molecule has 4 rings (SSSR count). The van der Waals surface area contributed by atoms with Gasteiger partial charge in [0.05, 0.1) is 30.4 Å². The van der Waals surface area contributed by atoms with Crippen LogP contribution in [0.15, 0.2) is 94.9 Å². The van der Waals surface area contributed by atoms with Crippen LogP contribution in [0, 0.1) is 0 Å². The van der Waals surface area contributed by atoms with E-state index >= 15 is 0 Å². The van der Waals surface area contributed by atoms with Crippen molar-refractivity contribution in [2.24, 2.45) is 5.10 Å². The molecule has 0 aliphatic carbocycles. The molecule has 0 bridgehead atoms. The predicted octanol–water partition coefficient (Wildman–Crippen LogP) is 3.25. The van der Waals surface area contributed by atoms with E-state index in [0.717, 1.165) is 16.8 Å². The Morgan fingerprint density at radius 3 is 2.19 bits per heavy atom. The van der Waals surface area contributed by atoms with Crippen molar-refractivity contribution in [3.8, 4) is 0 Å². The van der Waals surface area contributed by atoms with Crippen LogP contribution >= 0.6 is 11.6 Å². The molecule has 36 heavy (non-hydrogen) atoms. The molecule has 3 aromatic carbocycles. The lowest BCUT2D eigenvalue weighted by Crippen LogP contribution is -2.53. The molecule has 0 radical (unpaired) electrons. The number of sulfonamides is 1. The van der Waals surface area contributed by atoms with E-state index in [9.17, 15) is 8.42 Å². The topological polar surface area (TPSA) is 103 Å². The quantitative estimate of drug-likeness (QED) is 0.367. The maximum absolute atomic E-state index is 12.9. The fourth-order valence-corrected chi connectivity index (χ4v) is 4.98. The first-order valence-electron chi connectivity index (χ1n) is 11.4. The predicted molar refractivity (Wildman–Crippen MR) is 142 cm³/mol. The molecule has 2 atom stereocenters. The fraction of sp³-hybridized carbons (Fsp3) is 0.269. The zero-order chi connectivity index (χ0) is 26.0. The number of hydrogen-bond donors (Lipinski definition) is 3. The smallest absolute Gasteiger partial charge is 0.243 e. The van der Waals surface area contributed by atoms with Gasteiger partial charge < -0.3 is 9.84 Å². The lowest BCUT2D eigenvalue weighted by atomic mass is 9.91. The van der Waals surface area contributed by atoms with Crippen LogP contribution in [0.1, 0.15) is 17.0 Å². The van der Waals surface area contributed by atoms with Gasteiger partial charge >= 0.3 is 0 Å². The summed E-state index contributed by atoms with van der Waals surface area (Å²) in [5.74, 6) is 0.0134. The van der Waals surface area contributed by atoms with Crippen molar-refractivity contribution in [3.63, 3.8) is 0 Å². The van der Waals surface area contributed by atoms with Gasteiger partial charge in [-0.3, -0.25) is 10.3 Å². The van der Waals surface area contributed by atoms with Crippen LogP contribution in [0.4, 0.5) is 0 Å². The Balaban J connectivity index is 0.000000658. The molecule has 8 nitrogen and oxygen atoms in total. The summed E-state index contributed by atoms with van der Waals surface area (Å²) in [6, 6.07) is 26.1. The molecule has 1 aliphatic rings. The van der Waals surface area contributed by atoms with Gasteiger partial charge in [-0.25, -0.2) is 8.42 Å². The Bertz CT molecular complexity index is 1210. The molecule has 1 aliphatic heterocycles. The van der Waals surface area contributed by atoms with E-state index < -0.39 is 16.3 Å². The van der Waals surface area contributed by atoms with E-state index in [-0.39, 0.29) is 17.4 Å². The summed E-state index contributed by atoms with van der Waals surface area (Å²) in [5, 5.41) is 18.0. The lowest BCUT2D eigenvalue weighted by Gasteiger charge is -2.27. The number of aliphatic hydroxyl groups excluding tert-OH is 1. The number of halogens is 1. The highest BCUT2D eigenvalue weighted by molar-refractivity contribution is 7.89. The van der Waals surface area contributed by atoms with Gasteiger partial charge in [0, 0.05) is 18.1 Å². The van der Waals surface area contributed by atoms with Crippen LogP contribution in [-0.4, -0.2) is 64.5 Å². The van der Waals surface area contributed by atoms with Gasteiger partial charge in [0.15, 0.2) is 6.29 Å². The van der Waals surface area contributed by atoms with Crippen molar-refractivity contribution in [2.75, 3.05) is 33.9 Å². The van der Waals surface area contributed by atoms with E-state index in [4.69, 9.17) is 21.8 Å². The Hall–Kier alpha value is -2.79. The molecule has 3 aromatic rings. The van der Waals surface area contributed by atoms with Gasteiger partial charge in [-0.15, -0.1) is 0 Å². The molecule has 10 heteroatoms. The Morgan fingerprint density at radius 1 is 1.06 bits per heavy atom. The summed E-state index contributed by atoms with van der Waals surface area (Å²) >= 11 is 5.89. The number of nitrogens with zero attached hydrogens (tertiary/aromatic N) is 2. The number of hydrogen-bond acceptors (Lipinski definition) is 7. The van der Waals surface area contributed by atoms with Crippen LogP contribution in [0.25, 0.3) is 0 Å². The first kappa shape index (κ1) is 27.8. The van der Waals surface area contributed by atoms with Crippen LogP contribution in [0.3, 0.4) is 0 Å². The number of nitrogens with one attached hydrogen (secondary N) is 2. The molecule has 0 spiro atoms. The molecule has 1 heterocycles. The lowest BCUT2D eigenvalue weighted by molar-refractivity contribution is 0.135. The minimum absolute atomic E-state index is 0.0134. The van der Waals surface area contributed by atoms with Crippen molar-refractivity contribution in [3.05, 3.63) is 101 Å². The average Bonchev–Trinajstić information content (AvgIpc) is 3.35. The van der Waals surface area contributed by atoms with Gasteiger partial charge in [-0.05, 0) is 42.4 Å². The molecule has 0 saturated heterocycles. The van der Waals surface area contributed by atoms with Crippen molar-refractivity contribution in [1.29, 1.82) is 0 Å². The number of hydrazone groups is 1. The van der Waals surface area contributed by atoms with E-state index in [1.54, 1.807) is 31.3 Å². The molecule has 2 unspecified atom stereocenters. The summed E-state index contributed by atoms with van der Waals surface area (Å²) < 4.78 is 32.9. The molecular formula is C26H31ClN4O4S. The number of benzene rings is 3. The van der Waals surface area contributed by atoms with Gasteiger partial charge in [0.2, 0.25) is 10.0 Å². The second-order valence-corrected chi connectivity index (χ2v) is 10.1. The Labute approximate surface area is 217 Å². The number of rotatable bonds is 9. The minimum atomic E-state index is -3.77. The highest BCUT2D eigenvalue weighted by Crippen LogP contribution is 2.29. The monoisotopic (exact) mass is 530 g/mol. The van der Waals surface area contributed by atoms with Gasteiger partial charge in [0.1, 0.15) is 0 Å². The van der Waals surface area contributed by atoms with Gasteiger partial charge in [-0.1, -0.05) is 72.3 Å². The Morgan fingerprint density at radius 2 is 1.67 bits per heavy atom. The third kappa shape index (κ3) is 7.36. The zero-order valence-corrected chi connectivity index (χ0v) is 21.8. The van der Waals surface area contributed by atoms with E-state index in [2.05, 4.69) is 26.9 Å². The maximum atomic E-state index is 12.9. The standard InChI is InChI=1S/C23H23ClN4O2S.C3H8O2/c1-25-23(27-31(29,30)20-14-12-19(24)13-15-20)28-16-21(17-8-4-2-5-9-17)22(26-28)18-10-6-3-7-11-18;1-5-3-2-4/h2-15,21,23,25,27H,16H2,1H3;4H,2-3H2,1H3. The van der Waals surface area contributed by atoms with Crippen LogP contribution in [-0.2, 0) is 14.8 Å². The van der Waals surface area contributed by atoms with Crippen LogP contribution < -0.4 is 10.0 Å². The first-order chi connectivity index (χ1) is 17.4. The van der Waals surface area contributed by atoms with Crippen molar-refractivity contribution in [2.45, 2.75) is 17.1 Å². The van der Waals surface area contributed by atoms with Crippen LogP contribution in [0.5, 0.6) is 0 Å². The van der Waals surface area contributed by atoms with Gasteiger partial charge in [-0.2, -0.15) is 9.82 Å².